The number of rotatable bonds is 2. The zero-order valence-electron chi connectivity index (χ0n) is 17.1. The van der Waals surface area contributed by atoms with Crippen LogP contribution in [0.1, 0.15) is 30.9 Å². The Hall–Kier alpha value is -2.70. The van der Waals surface area contributed by atoms with Crippen LogP contribution in [0, 0.1) is 11.8 Å². The number of nitrogens with zero attached hydrogens (tertiary/aromatic N) is 2. The minimum atomic E-state index is -1.13. The number of aryl methyl sites for hydroxylation is 1. The van der Waals surface area contributed by atoms with Crippen molar-refractivity contribution in [2.24, 2.45) is 11.8 Å². The van der Waals surface area contributed by atoms with Gasteiger partial charge in [-0.25, -0.2) is 4.90 Å². The molecular weight excluding hydrogens is 414 g/mol. The number of hydrogen-bond acceptors (Lipinski definition) is 4. The third-order valence-electron chi connectivity index (χ3n) is 7.53. The fraction of sp³-hybridized carbons (Fsp3) is 0.375. The number of carbonyl (C=O) groups is 3. The first-order valence-electron chi connectivity index (χ1n) is 10.8. The van der Waals surface area contributed by atoms with Gasteiger partial charge in [0.15, 0.2) is 0 Å². The van der Waals surface area contributed by atoms with E-state index in [9.17, 15) is 14.4 Å². The largest absolute Gasteiger partial charge is 0.324 e. The molecule has 4 heterocycles. The monoisotopic (exact) mass is 435 g/mol. The number of anilines is 2. The third-order valence-corrected chi connectivity index (χ3v) is 7.77. The van der Waals surface area contributed by atoms with Crippen LogP contribution in [0.15, 0.2) is 42.5 Å². The van der Waals surface area contributed by atoms with Crippen LogP contribution in [-0.2, 0) is 26.3 Å². The van der Waals surface area contributed by atoms with Crippen molar-refractivity contribution in [3.63, 3.8) is 0 Å². The van der Waals surface area contributed by atoms with E-state index in [0.717, 1.165) is 36.1 Å². The predicted octanol–water partition coefficient (Wildman–Crippen LogP) is 3.33. The molecule has 4 aliphatic heterocycles. The first kappa shape index (κ1) is 19.0. The molecule has 0 radical (unpaired) electrons. The molecule has 0 aromatic heterocycles. The van der Waals surface area contributed by atoms with Gasteiger partial charge in [-0.15, -0.1) is 0 Å². The fourth-order valence-corrected chi connectivity index (χ4v) is 6.52. The number of benzene rings is 2. The van der Waals surface area contributed by atoms with Crippen LogP contribution in [0.4, 0.5) is 11.4 Å². The van der Waals surface area contributed by atoms with Crippen molar-refractivity contribution in [3.8, 4) is 0 Å². The van der Waals surface area contributed by atoms with Gasteiger partial charge in [0.05, 0.1) is 17.5 Å². The van der Waals surface area contributed by atoms with E-state index in [0.29, 0.717) is 17.3 Å². The average Bonchev–Trinajstić information content (AvgIpc) is 3.46. The van der Waals surface area contributed by atoms with Crippen LogP contribution in [0.2, 0.25) is 5.02 Å². The summed E-state index contributed by atoms with van der Waals surface area (Å²) in [5.74, 6) is -1.99. The topological polar surface area (TPSA) is 69.7 Å². The molecule has 4 aliphatic rings. The van der Waals surface area contributed by atoms with Crippen molar-refractivity contribution < 1.29 is 14.4 Å². The van der Waals surface area contributed by atoms with Gasteiger partial charge >= 0.3 is 0 Å². The molecule has 2 aromatic rings. The van der Waals surface area contributed by atoms with Crippen molar-refractivity contribution in [2.75, 3.05) is 16.8 Å². The maximum atomic E-state index is 13.9. The van der Waals surface area contributed by atoms with Gasteiger partial charge in [0.1, 0.15) is 5.54 Å². The first-order valence-corrected chi connectivity index (χ1v) is 11.2. The summed E-state index contributed by atoms with van der Waals surface area (Å²) in [6.07, 6.45) is 2.54. The molecule has 3 amide bonds. The molecular formula is C24H22ClN3O3. The summed E-state index contributed by atoms with van der Waals surface area (Å²) in [5, 5.41) is 3.48. The van der Waals surface area contributed by atoms with E-state index in [4.69, 9.17) is 11.6 Å². The van der Waals surface area contributed by atoms with Crippen LogP contribution in [-0.4, -0.2) is 35.2 Å². The summed E-state index contributed by atoms with van der Waals surface area (Å²) in [6, 6.07) is 12.7. The second kappa shape index (κ2) is 6.40. The molecule has 31 heavy (non-hydrogen) atoms. The lowest BCUT2D eigenvalue weighted by Crippen LogP contribution is -2.54. The van der Waals surface area contributed by atoms with Gasteiger partial charge in [-0.1, -0.05) is 36.7 Å². The van der Waals surface area contributed by atoms with Crippen molar-refractivity contribution in [1.82, 2.24) is 4.90 Å². The molecule has 3 fully saturated rings. The smallest absolute Gasteiger partial charge is 0.250 e. The fourth-order valence-electron chi connectivity index (χ4n) is 6.34. The van der Waals surface area contributed by atoms with E-state index in [-0.39, 0.29) is 23.8 Å². The number of carbonyl (C=O) groups excluding carboxylic acids is 3. The summed E-state index contributed by atoms with van der Waals surface area (Å²) in [5.41, 5.74) is 2.03. The summed E-state index contributed by atoms with van der Waals surface area (Å²) in [7, 11) is 0. The number of hydrogen-bond donors (Lipinski definition) is 1. The molecule has 2 aromatic carbocycles. The molecule has 7 heteroatoms. The molecule has 6 rings (SSSR count). The van der Waals surface area contributed by atoms with E-state index >= 15 is 0 Å². The van der Waals surface area contributed by atoms with Crippen molar-refractivity contribution >= 4 is 40.7 Å². The SMILES string of the molecule is CCc1ccc2c(c1)C1(C(=O)N2)C2C(=O)N(c3cccc(Cl)c3)C(=O)C2C2CCCN21. The summed E-state index contributed by atoms with van der Waals surface area (Å²) < 4.78 is 0. The molecule has 1 spiro atoms. The highest BCUT2D eigenvalue weighted by Gasteiger charge is 2.74. The summed E-state index contributed by atoms with van der Waals surface area (Å²) in [4.78, 5) is 44.5. The third kappa shape index (κ3) is 2.24. The van der Waals surface area contributed by atoms with Crippen LogP contribution < -0.4 is 10.2 Å². The maximum absolute atomic E-state index is 13.9. The Kier molecular flexibility index (Phi) is 3.93. The van der Waals surface area contributed by atoms with Gasteiger partial charge in [0.25, 0.3) is 0 Å². The van der Waals surface area contributed by atoms with Crippen molar-refractivity contribution in [2.45, 2.75) is 37.8 Å². The number of nitrogens with one attached hydrogen (secondary N) is 1. The second-order valence-electron chi connectivity index (χ2n) is 8.85. The van der Waals surface area contributed by atoms with Crippen LogP contribution in [0.5, 0.6) is 0 Å². The summed E-state index contributed by atoms with van der Waals surface area (Å²) in [6.45, 7) is 2.78. The van der Waals surface area contributed by atoms with Crippen molar-refractivity contribution in [1.29, 1.82) is 0 Å². The number of fused-ring (bicyclic) bond motifs is 7. The van der Waals surface area contributed by atoms with E-state index in [1.807, 2.05) is 18.2 Å². The molecule has 0 aliphatic carbocycles. The molecule has 3 saturated heterocycles. The van der Waals surface area contributed by atoms with Crippen LogP contribution in [0.3, 0.4) is 0 Å². The Morgan fingerprint density at radius 3 is 2.74 bits per heavy atom. The van der Waals surface area contributed by atoms with Gasteiger partial charge in [0.2, 0.25) is 17.7 Å². The molecule has 1 N–H and O–H groups in total. The van der Waals surface area contributed by atoms with Gasteiger partial charge in [0, 0.05) is 22.3 Å². The van der Waals surface area contributed by atoms with E-state index in [1.54, 1.807) is 24.3 Å². The van der Waals surface area contributed by atoms with E-state index in [1.165, 1.54) is 4.90 Å². The lowest BCUT2D eigenvalue weighted by atomic mass is 9.75. The van der Waals surface area contributed by atoms with Crippen molar-refractivity contribution in [3.05, 3.63) is 58.6 Å². The lowest BCUT2D eigenvalue weighted by Gasteiger charge is -2.36. The predicted molar refractivity (Wildman–Crippen MR) is 117 cm³/mol. The van der Waals surface area contributed by atoms with Crippen LogP contribution >= 0.6 is 11.6 Å². The normalized spacial score (nSPS) is 31.4. The highest BCUT2D eigenvalue weighted by Crippen LogP contribution is 2.60. The Balaban J connectivity index is 1.56. The van der Waals surface area contributed by atoms with E-state index < -0.39 is 17.4 Å². The van der Waals surface area contributed by atoms with Gasteiger partial charge in [-0.05, 0) is 55.6 Å². The molecule has 4 unspecified atom stereocenters. The van der Waals surface area contributed by atoms with Crippen LogP contribution in [0.25, 0.3) is 0 Å². The minimum Gasteiger partial charge on any atom is -0.324 e. The standard InChI is InChI=1S/C24H22ClN3O3/c1-2-13-8-9-17-16(11-13)24(23(31)26-17)20-19(18-7-4-10-27(18)24)21(29)28(22(20)30)15-6-3-5-14(25)12-15/h3,5-6,8-9,11-12,18-20H,2,4,7,10H2,1H3,(H,26,31). The molecule has 0 saturated carbocycles. The van der Waals surface area contributed by atoms with Gasteiger partial charge < -0.3 is 5.32 Å². The van der Waals surface area contributed by atoms with E-state index in [2.05, 4.69) is 17.1 Å². The molecule has 6 nitrogen and oxygen atoms in total. The highest BCUT2D eigenvalue weighted by molar-refractivity contribution is 6.31. The first-order chi connectivity index (χ1) is 15.0. The second-order valence-corrected chi connectivity index (χ2v) is 9.29. The Labute approximate surface area is 185 Å². The van der Waals surface area contributed by atoms with Gasteiger partial charge in [-0.3, -0.25) is 19.3 Å². The number of imide groups is 1. The Morgan fingerprint density at radius 2 is 1.97 bits per heavy atom. The molecule has 158 valence electrons. The summed E-state index contributed by atoms with van der Waals surface area (Å²) >= 11 is 6.15. The molecule has 4 atom stereocenters. The maximum Gasteiger partial charge on any atom is 0.250 e. The Bertz CT molecular complexity index is 1160. The number of halogens is 1. The highest BCUT2D eigenvalue weighted by atomic mass is 35.5. The lowest BCUT2D eigenvalue weighted by molar-refractivity contribution is -0.135. The number of amides is 3. The quantitative estimate of drug-likeness (QED) is 0.734. The zero-order chi connectivity index (χ0) is 21.5. The molecule has 0 bridgehead atoms. The van der Waals surface area contributed by atoms with Gasteiger partial charge in [-0.2, -0.15) is 0 Å². The Morgan fingerprint density at radius 1 is 1.13 bits per heavy atom. The zero-order valence-corrected chi connectivity index (χ0v) is 17.9. The minimum absolute atomic E-state index is 0.118. The average molecular weight is 436 g/mol.